The molecule has 28 heavy (non-hydrogen) atoms. The van der Waals surface area contributed by atoms with Crippen molar-refractivity contribution in [3.05, 3.63) is 38.4 Å². The summed E-state index contributed by atoms with van der Waals surface area (Å²) in [6.07, 6.45) is 5.92. The van der Waals surface area contributed by atoms with E-state index in [1.165, 1.54) is 24.1 Å². The Balaban J connectivity index is 2.37. The van der Waals surface area contributed by atoms with Crippen molar-refractivity contribution in [2.24, 2.45) is 5.10 Å². The van der Waals surface area contributed by atoms with Crippen LogP contribution in [0.2, 0.25) is 0 Å². The molecular weight excluding hydrogens is 382 g/mol. The Labute approximate surface area is 168 Å². The number of aryl methyl sites for hydroxylation is 1. The number of rotatable bonds is 11. The van der Waals surface area contributed by atoms with E-state index in [0.29, 0.717) is 22.8 Å². The highest BCUT2D eigenvalue weighted by Gasteiger charge is 2.22. The minimum atomic E-state index is -0.489. The van der Waals surface area contributed by atoms with E-state index in [4.69, 9.17) is 21.7 Å². The lowest BCUT2D eigenvalue weighted by molar-refractivity contribution is -0.386. The van der Waals surface area contributed by atoms with Gasteiger partial charge in [0.2, 0.25) is 10.5 Å². The zero-order valence-corrected chi connectivity index (χ0v) is 17.1. The van der Waals surface area contributed by atoms with Crippen LogP contribution in [0.25, 0.3) is 0 Å². The maximum atomic E-state index is 11.5. The van der Waals surface area contributed by atoms with E-state index in [2.05, 4.69) is 22.2 Å². The van der Waals surface area contributed by atoms with Crippen LogP contribution in [0.4, 0.5) is 5.69 Å². The number of aromatic nitrogens is 3. The first-order valence-electron chi connectivity index (χ1n) is 9.21. The quantitative estimate of drug-likeness (QED) is 0.196. The predicted octanol–water partition coefficient (Wildman–Crippen LogP) is 4.26. The predicted molar refractivity (Wildman–Crippen MR) is 109 cm³/mol. The van der Waals surface area contributed by atoms with E-state index in [9.17, 15) is 10.1 Å². The minimum Gasteiger partial charge on any atom is -0.493 e. The van der Waals surface area contributed by atoms with Crippen molar-refractivity contribution < 1.29 is 14.4 Å². The van der Waals surface area contributed by atoms with E-state index in [0.717, 1.165) is 32.1 Å². The fourth-order valence-electron chi connectivity index (χ4n) is 2.50. The highest BCUT2D eigenvalue weighted by atomic mass is 32.1. The molecular formula is C18H25N5O4S. The molecule has 0 aliphatic heterocycles. The Morgan fingerprint density at radius 2 is 2.11 bits per heavy atom. The molecule has 0 spiro atoms. The van der Waals surface area contributed by atoms with Gasteiger partial charge in [0.05, 0.1) is 24.9 Å². The van der Waals surface area contributed by atoms with Gasteiger partial charge in [0.1, 0.15) is 0 Å². The van der Waals surface area contributed by atoms with E-state index in [-0.39, 0.29) is 17.2 Å². The Bertz CT molecular complexity index is 891. The molecule has 1 aromatic heterocycles. The molecule has 0 saturated carbocycles. The van der Waals surface area contributed by atoms with Crippen molar-refractivity contribution in [2.75, 3.05) is 13.7 Å². The molecule has 0 bridgehead atoms. The van der Waals surface area contributed by atoms with Crippen molar-refractivity contribution >= 4 is 24.1 Å². The topological polar surface area (TPSA) is 108 Å². The van der Waals surface area contributed by atoms with Crippen LogP contribution in [0.15, 0.2) is 17.2 Å². The number of nitro benzene ring substituents is 1. The summed E-state index contributed by atoms with van der Waals surface area (Å²) in [4.78, 5) is 11.0. The van der Waals surface area contributed by atoms with Gasteiger partial charge in [-0.05, 0) is 31.1 Å². The van der Waals surface area contributed by atoms with Gasteiger partial charge in [0.25, 0.3) is 0 Å². The number of hydrogen-bond acceptors (Lipinski definition) is 7. The van der Waals surface area contributed by atoms with Crippen molar-refractivity contribution in [1.82, 2.24) is 14.9 Å². The third kappa shape index (κ3) is 5.38. The summed E-state index contributed by atoms with van der Waals surface area (Å²) in [5, 5.41) is 22.8. The van der Waals surface area contributed by atoms with Crippen LogP contribution in [0.3, 0.4) is 0 Å². The summed E-state index contributed by atoms with van der Waals surface area (Å²) >= 11 is 5.21. The first kappa shape index (κ1) is 21.5. The van der Waals surface area contributed by atoms with Crippen LogP contribution in [0.5, 0.6) is 11.5 Å². The summed E-state index contributed by atoms with van der Waals surface area (Å²) in [5.41, 5.74) is 0.329. The lowest BCUT2D eigenvalue weighted by atomic mass is 10.2. The first-order valence-corrected chi connectivity index (χ1v) is 9.62. The number of ether oxygens (including phenoxy) is 2. The molecule has 1 aromatic carbocycles. The van der Waals surface area contributed by atoms with Gasteiger partial charge >= 0.3 is 5.69 Å². The number of nitrogens with one attached hydrogen (secondary N) is 1. The highest BCUT2D eigenvalue weighted by molar-refractivity contribution is 7.71. The van der Waals surface area contributed by atoms with Gasteiger partial charge in [0.15, 0.2) is 11.6 Å². The average molecular weight is 407 g/mol. The molecule has 0 radical (unpaired) electrons. The van der Waals surface area contributed by atoms with Gasteiger partial charge in [-0.15, -0.1) is 0 Å². The molecule has 0 amide bonds. The summed E-state index contributed by atoms with van der Waals surface area (Å²) < 4.78 is 12.8. The maximum Gasteiger partial charge on any atom is 0.315 e. The third-order valence-corrected chi connectivity index (χ3v) is 4.28. The average Bonchev–Trinajstić information content (AvgIpc) is 3.04. The Morgan fingerprint density at radius 1 is 1.36 bits per heavy atom. The van der Waals surface area contributed by atoms with Gasteiger partial charge < -0.3 is 9.47 Å². The Kier molecular flexibility index (Phi) is 8.12. The Hall–Kier alpha value is -2.75. The second-order valence-corrected chi connectivity index (χ2v) is 6.52. The van der Waals surface area contributed by atoms with Gasteiger partial charge in [-0.25, -0.2) is 0 Å². The number of methoxy groups -OCH3 is 1. The first-order chi connectivity index (χ1) is 13.5. The van der Waals surface area contributed by atoms with Crippen LogP contribution >= 0.6 is 12.2 Å². The monoisotopic (exact) mass is 407 g/mol. The highest BCUT2D eigenvalue weighted by Crippen LogP contribution is 2.38. The Morgan fingerprint density at radius 3 is 2.75 bits per heavy atom. The van der Waals surface area contributed by atoms with E-state index in [1.807, 2.05) is 6.92 Å². The molecule has 0 aliphatic carbocycles. The van der Waals surface area contributed by atoms with Crippen LogP contribution in [-0.2, 0) is 6.42 Å². The summed E-state index contributed by atoms with van der Waals surface area (Å²) in [7, 11) is 1.45. The summed E-state index contributed by atoms with van der Waals surface area (Å²) in [5.74, 6) is 1.12. The molecule has 2 aromatic rings. The fourth-order valence-corrected chi connectivity index (χ4v) is 2.70. The number of nitrogens with zero attached hydrogens (tertiary/aromatic N) is 4. The second kappa shape index (κ2) is 10.5. The number of unbranched alkanes of at least 4 members (excludes halogenated alkanes) is 2. The third-order valence-electron chi connectivity index (χ3n) is 4.01. The fraction of sp³-hybridized carbons (Fsp3) is 0.500. The van der Waals surface area contributed by atoms with Crippen molar-refractivity contribution in [1.29, 1.82) is 0 Å². The molecule has 0 fully saturated rings. The summed E-state index contributed by atoms with van der Waals surface area (Å²) in [6.45, 7) is 4.49. The number of benzene rings is 1. The number of hydrogen-bond donors (Lipinski definition) is 1. The number of H-pyrrole nitrogens is 1. The van der Waals surface area contributed by atoms with Crippen LogP contribution in [0.1, 0.15) is 50.9 Å². The lowest BCUT2D eigenvalue weighted by Gasteiger charge is -2.11. The molecule has 0 aliphatic rings. The van der Waals surface area contributed by atoms with E-state index in [1.54, 1.807) is 6.07 Å². The van der Waals surface area contributed by atoms with Crippen molar-refractivity contribution in [3.8, 4) is 11.5 Å². The molecule has 0 unspecified atom stereocenters. The zero-order valence-electron chi connectivity index (χ0n) is 16.3. The molecule has 0 saturated heterocycles. The van der Waals surface area contributed by atoms with E-state index < -0.39 is 4.92 Å². The van der Waals surface area contributed by atoms with Gasteiger partial charge in [-0.1, -0.05) is 26.7 Å². The van der Waals surface area contributed by atoms with Crippen molar-refractivity contribution in [2.45, 2.75) is 46.0 Å². The van der Waals surface area contributed by atoms with Crippen LogP contribution < -0.4 is 9.47 Å². The smallest absolute Gasteiger partial charge is 0.315 e. The maximum absolute atomic E-state index is 11.5. The molecule has 1 heterocycles. The largest absolute Gasteiger partial charge is 0.493 e. The SMILES string of the molecule is CCCCOc1c(OC)cc(/C=N\n2c(CCCC)n[nH]c2=S)cc1[N+](=O)[O-]. The molecule has 10 heteroatoms. The van der Waals surface area contributed by atoms with Gasteiger partial charge in [-0.3, -0.25) is 15.2 Å². The molecule has 0 atom stereocenters. The molecule has 2 rings (SSSR count). The van der Waals surface area contributed by atoms with Gasteiger partial charge in [0, 0.05) is 18.1 Å². The van der Waals surface area contributed by atoms with Crippen LogP contribution in [0, 0.1) is 14.9 Å². The van der Waals surface area contributed by atoms with Gasteiger partial charge in [-0.2, -0.15) is 14.9 Å². The van der Waals surface area contributed by atoms with Crippen LogP contribution in [-0.4, -0.2) is 39.7 Å². The summed E-state index contributed by atoms with van der Waals surface area (Å²) in [6, 6.07) is 3.05. The normalized spacial score (nSPS) is 11.1. The minimum absolute atomic E-state index is 0.127. The second-order valence-electron chi connectivity index (χ2n) is 6.14. The van der Waals surface area contributed by atoms with E-state index >= 15 is 0 Å². The standard InChI is InChI=1S/C18H25N5O4S/c1-4-6-8-16-20-21-18(28)22(16)19-12-13-10-14(23(24)25)17(15(11-13)26-3)27-9-7-5-2/h10-12H,4-9H2,1-3H3,(H,21,28)/b19-12-. The number of nitro groups is 1. The zero-order chi connectivity index (χ0) is 20.5. The lowest BCUT2D eigenvalue weighted by Crippen LogP contribution is -2.04. The molecule has 152 valence electrons. The molecule has 1 N–H and O–H groups in total. The molecule has 9 nitrogen and oxygen atoms in total. The van der Waals surface area contributed by atoms with Crippen molar-refractivity contribution in [3.63, 3.8) is 0 Å². The number of aromatic amines is 1.